The zero-order valence-electron chi connectivity index (χ0n) is 16.8. The largest absolute Gasteiger partial charge is 0.474 e. The van der Waals surface area contributed by atoms with E-state index in [2.05, 4.69) is 20.6 Å². The lowest BCUT2D eigenvalue weighted by Gasteiger charge is -2.19. The summed E-state index contributed by atoms with van der Waals surface area (Å²) in [6.45, 7) is 3.48. The van der Waals surface area contributed by atoms with E-state index in [1.54, 1.807) is 6.20 Å². The van der Waals surface area contributed by atoms with Crippen LogP contribution in [-0.2, 0) is 0 Å². The maximum atomic E-state index is 13.0. The van der Waals surface area contributed by atoms with Gasteiger partial charge in [0.1, 0.15) is 11.9 Å². The topological polar surface area (TPSA) is 60.2 Å². The predicted molar refractivity (Wildman–Crippen MR) is 111 cm³/mol. The summed E-state index contributed by atoms with van der Waals surface area (Å²) in [4.78, 5) is 24.0. The Balaban J connectivity index is 1.28. The van der Waals surface area contributed by atoms with Crippen molar-refractivity contribution in [3.05, 3.63) is 54.0 Å². The number of rotatable bonds is 4. The number of likely N-dealkylation sites (tertiary alicyclic amines) is 1. The molecule has 0 unspecified atom stereocenters. The smallest absolute Gasteiger partial charge is 0.255 e. The number of hydrogen-bond acceptors (Lipinski definition) is 4. The number of nitrogens with zero attached hydrogens (tertiary/aromatic N) is 4. The van der Waals surface area contributed by atoms with E-state index in [4.69, 9.17) is 4.74 Å². The highest BCUT2D eigenvalue weighted by molar-refractivity contribution is 5.94. The first-order chi connectivity index (χ1) is 14.2. The quantitative estimate of drug-likeness (QED) is 0.671. The van der Waals surface area contributed by atoms with Gasteiger partial charge in [0.05, 0.1) is 22.6 Å². The van der Waals surface area contributed by atoms with Crippen LogP contribution in [0, 0.1) is 6.92 Å². The molecule has 6 heteroatoms. The van der Waals surface area contributed by atoms with E-state index in [1.807, 2.05) is 42.2 Å². The van der Waals surface area contributed by atoms with Gasteiger partial charge in [-0.05, 0) is 57.2 Å². The molecule has 0 N–H and O–H groups in total. The first-order valence-electron chi connectivity index (χ1n) is 10.5. The van der Waals surface area contributed by atoms with Crippen molar-refractivity contribution >= 4 is 16.9 Å². The van der Waals surface area contributed by atoms with Crippen molar-refractivity contribution in [2.75, 3.05) is 13.1 Å². The molecule has 1 saturated heterocycles. The van der Waals surface area contributed by atoms with Gasteiger partial charge in [-0.25, -0.2) is 9.97 Å². The van der Waals surface area contributed by atoms with Crippen LogP contribution in [-0.4, -0.2) is 44.5 Å². The molecule has 2 fully saturated rings. The summed E-state index contributed by atoms with van der Waals surface area (Å²) in [5.74, 6) is 1.66. The fraction of sp³-hybridized carbons (Fsp3) is 0.435. The van der Waals surface area contributed by atoms with Gasteiger partial charge in [-0.3, -0.25) is 4.79 Å². The van der Waals surface area contributed by atoms with E-state index < -0.39 is 0 Å². The minimum absolute atomic E-state index is 0.0366. The van der Waals surface area contributed by atoms with Crippen molar-refractivity contribution in [3.63, 3.8) is 0 Å². The normalized spacial score (nSPS) is 19.9. The van der Waals surface area contributed by atoms with Crippen molar-refractivity contribution in [2.45, 2.75) is 51.2 Å². The number of aryl methyl sites for hydroxylation is 1. The second kappa shape index (κ2) is 7.50. The van der Waals surface area contributed by atoms with Crippen LogP contribution in [0.1, 0.15) is 54.3 Å². The van der Waals surface area contributed by atoms with Gasteiger partial charge in [0, 0.05) is 25.4 Å². The molecule has 0 radical (unpaired) electrons. The Morgan fingerprint density at radius 2 is 1.93 bits per heavy atom. The molecule has 1 aliphatic carbocycles. The number of carbonyl (C=O) groups is 1. The van der Waals surface area contributed by atoms with Crippen molar-refractivity contribution in [2.24, 2.45) is 0 Å². The van der Waals surface area contributed by atoms with Gasteiger partial charge >= 0.3 is 0 Å². The molecule has 5 rings (SSSR count). The number of pyridine rings is 1. The highest BCUT2D eigenvalue weighted by atomic mass is 16.5. The van der Waals surface area contributed by atoms with E-state index in [0.29, 0.717) is 18.0 Å². The molecule has 3 aromatic rings. The third-order valence-electron chi connectivity index (χ3n) is 6.16. The Bertz CT molecular complexity index is 1020. The number of para-hydroxylation sites is 2. The van der Waals surface area contributed by atoms with Gasteiger partial charge < -0.3 is 14.2 Å². The number of carbonyl (C=O) groups excluding carboxylic acids is 1. The summed E-state index contributed by atoms with van der Waals surface area (Å²) >= 11 is 0. The Hall–Kier alpha value is -2.89. The SMILES string of the molecule is Cc1nc2ccccc2n1[C@H]1CCN(C(=O)c2ccc(OC3CCCC3)nc2)C1. The Morgan fingerprint density at radius 3 is 2.72 bits per heavy atom. The van der Waals surface area contributed by atoms with Crippen LogP contribution >= 0.6 is 0 Å². The molecule has 0 bridgehead atoms. The lowest BCUT2D eigenvalue weighted by molar-refractivity contribution is 0.0787. The average Bonchev–Trinajstić information content (AvgIpc) is 3.47. The summed E-state index contributed by atoms with van der Waals surface area (Å²) in [6, 6.07) is 12.1. The lowest BCUT2D eigenvalue weighted by Crippen LogP contribution is -2.29. The van der Waals surface area contributed by atoms with E-state index in [-0.39, 0.29) is 18.1 Å². The van der Waals surface area contributed by atoms with Crippen molar-refractivity contribution in [1.29, 1.82) is 0 Å². The van der Waals surface area contributed by atoms with E-state index in [0.717, 1.165) is 42.7 Å². The van der Waals surface area contributed by atoms with Crippen molar-refractivity contribution in [3.8, 4) is 5.88 Å². The van der Waals surface area contributed by atoms with Crippen LogP contribution < -0.4 is 4.74 Å². The van der Waals surface area contributed by atoms with Crippen LogP contribution in [0.2, 0.25) is 0 Å². The van der Waals surface area contributed by atoms with Crippen molar-refractivity contribution < 1.29 is 9.53 Å². The van der Waals surface area contributed by atoms with Crippen LogP contribution in [0.15, 0.2) is 42.6 Å². The minimum Gasteiger partial charge on any atom is -0.474 e. The van der Waals surface area contributed by atoms with Gasteiger partial charge in [0.2, 0.25) is 5.88 Å². The Kier molecular flexibility index (Phi) is 4.70. The molecule has 1 aromatic carbocycles. The van der Waals surface area contributed by atoms with Gasteiger partial charge in [-0.15, -0.1) is 0 Å². The maximum absolute atomic E-state index is 13.0. The van der Waals surface area contributed by atoms with Crippen LogP contribution in [0.4, 0.5) is 0 Å². The highest BCUT2D eigenvalue weighted by Gasteiger charge is 2.30. The summed E-state index contributed by atoms with van der Waals surface area (Å²) in [7, 11) is 0. The average molecular weight is 390 g/mol. The second-order valence-corrected chi connectivity index (χ2v) is 8.12. The van der Waals surface area contributed by atoms with E-state index in [1.165, 1.54) is 12.8 Å². The number of aromatic nitrogens is 3. The third kappa shape index (κ3) is 3.48. The van der Waals surface area contributed by atoms with Gasteiger partial charge in [0.15, 0.2) is 0 Å². The number of ether oxygens (including phenoxy) is 1. The van der Waals surface area contributed by atoms with Crippen molar-refractivity contribution in [1.82, 2.24) is 19.4 Å². The predicted octanol–water partition coefficient (Wildman–Crippen LogP) is 4.15. The van der Waals surface area contributed by atoms with Crippen LogP contribution in [0.3, 0.4) is 0 Å². The van der Waals surface area contributed by atoms with Crippen LogP contribution in [0.25, 0.3) is 11.0 Å². The molecule has 29 heavy (non-hydrogen) atoms. The summed E-state index contributed by atoms with van der Waals surface area (Å²) in [6.07, 6.45) is 7.50. The molecular formula is C23H26N4O2. The molecule has 3 heterocycles. The molecule has 2 aliphatic rings. The second-order valence-electron chi connectivity index (χ2n) is 8.12. The maximum Gasteiger partial charge on any atom is 0.255 e. The molecule has 6 nitrogen and oxygen atoms in total. The number of benzene rings is 1. The summed E-state index contributed by atoms with van der Waals surface area (Å²) in [5, 5.41) is 0. The Morgan fingerprint density at radius 1 is 1.10 bits per heavy atom. The summed E-state index contributed by atoms with van der Waals surface area (Å²) < 4.78 is 8.19. The van der Waals surface area contributed by atoms with Gasteiger partial charge in [-0.1, -0.05) is 12.1 Å². The molecule has 1 atom stereocenters. The minimum atomic E-state index is 0.0366. The zero-order valence-corrected chi connectivity index (χ0v) is 16.8. The Labute approximate surface area is 170 Å². The van der Waals surface area contributed by atoms with E-state index >= 15 is 0 Å². The van der Waals surface area contributed by atoms with Crippen LogP contribution in [0.5, 0.6) is 5.88 Å². The fourth-order valence-corrected chi connectivity index (χ4v) is 4.70. The highest BCUT2D eigenvalue weighted by Crippen LogP contribution is 2.29. The molecular weight excluding hydrogens is 364 g/mol. The molecule has 1 saturated carbocycles. The third-order valence-corrected chi connectivity index (χ3v) is 6.16. The molecule has 1 amide bonds. The molecule has 2 aromatic heterocycles. The monoisotopic (exact) mass is 390 g/mol. The number of fused-ring (bicyclic) bond motifs is 1. The summed E-state index contributed by atoms with van der Waals surface area (Å²) in [5.41, 5.74) is 2.77. The molecule has 1 aliphatic heterocycles. The van der Waals surface area contributed by atoms with Gasteiger partial charge in [0.25, 0.3) is 5.91 Å². The number of hydrogen-bond donors (Lipinski definition) is 0. The lowest BCUT2D eigenvalue weighted by atomic mass is 10.2. The molecule has 0 spiro atoms. The molecule has 150 valence electrons. The first-order valence-corrected chi connectivity index (χ1v) is 10.5. The number of imidazole rings is 1. The van der Waals surface area contributed by atoms with Gasteiger partial charge in [-0.2, -0.15) is 0 Å². The zero-order chi connectivity index (χ0) is 19.8. The first kappa shape index (κ1) is 18.2. The van der Waals surface area contributed by atoms with E-state index in [9.17, 15) is 4.79 Å². The fourth-order valence-electron chi connectivity index (χ4n) is 4.70. The number of amides is 1. The standard InChI is InChI=1S/C23H26N4O2/c1-16-25-20-8-4-5-9-21(20)27(16)18-12-13-26(15-18)23(28)17-10-11-22(24-14-17)29-19-6-2-3-7-19/h4-5,8-11,14,18-19H,2-3,6-7,12-13,15H2,1H3/t18-/m0/s1.